The molecule has 0 spiro atoms. The zero-order chi connectivity index (χ0) is 13.7. The van der Waals surface area contributed by atoms with Crippen molar-refractivity contribution in [2.45, 2.75) is 25.9 Å². The molecule has 0 aromatic heterocycles. The smallest absolute Gasteiger partial charge is 0.295 e. The van der Waals surface area contributed by atoms with Gasteiger partial charge in [0.15, 0.2) is 17.3 Å². The van der Waals surface area contributed by atoms with Crippen LogP contribution in [0.25, 0.3) is 0 Å². The van der Waals surface area contributed by atoms with E-state index in [4.69, 9.17) is 0 Å². The number of rotatable bonds is 6. The molecule has 0 heterocycles. The summed E-state index contributed by atoms with van der Waals surface area (Å²) in [5.41, 5.74) is -1.01. The van der Waals surface area contributed by atoms with Crippen molar-refractivity contribution < 1.29 is 18.8 Å². The number of nitro benzene ring substituents is 1. The number of nitro groups is 1. The van der Waals surface area contributed by atoms with Gasteiger partial charge in [0.1, 0.15) is 0 Å². The van der Waals surface area contributed by atoms with Crippen LogP contribution >= 0.6 is 0 Å². The highest BCUT2D eigenvalue weighted by atomic mass is 19.2. The van der Waals surface area contributed by atoms with E-state index in [9.17, 15) is 24.0 Å². The zero-order valence-electron chi connectivity index (χ0n) is 9.82. The fourth-order valence-electron chi connectivity index (χ4n) is 1.43. The van der Waals surface area contributed by atoms with E-state index in [-0.39, 0.29) is 6.54 Å². The first-order valence-corrected chi connectivity index (χ1v) is 5.51. The molecule has 18 heavy (non-hydrogen) atoms. The molecule has 0 aliphatic rings. The lowest BCUT2D eigenvalue weighted by Gasteiger charge is -2.11. The molecule has 0 radical (unpaired) electrons. The first-order chi connectivity index (χ1) is 8.47. The molecule has 2 N–H and O–H groups in total. The Labute approximate surface area is 103 Å². The predicted molar refractivity (Wildman–Crippen MR) is 62.4 cm³/mol. The van der Waals surface area contributed by atoms with Gasteiger partial charge in [-0.15, -0.1) is 0 Å². The van der Waals surface area contributed by atoms with Crippen molar-refractivity contribution in [1.82, 2.24) is 0 Å². The van der Waals surface area contributed by atoms with Gasteiger partial charge in [0.2, 0.25) is 0 Å². The van der Waals surface area contributed by atoms with Crippen molar-refractivity contribution in [3.05, 3.63) is 33.9 Å². The van der Waals surface area contributed by atoms with Crippen molar-refractivity contribution in [3.63, 3.8) is 0 Å². The number of hydrogen-bond acceptors (Lipinski definition) is 4. The maximum atomic E-state index is 13.4. The third-order valence-corrected chi connectivity index (χ3v) is 2.52. The number of aliphatic hydroxyl groups is 1. The Morgan fingerprint density at radius 1 is 1.50 bits per heavy atom. The predicted octanol–water partition coefficient (Wildman–Crippen LogP) is 2.45. The molecule has 1 atom stereocenters. The molecule has 1 aromatic carbocycles. The molecule has 7 heteroatoms. The molecule has 0 saturated carbocycles. The quantitative estimate of drug-likeness (QED) is 0.608. The average Bonchev–Trinajstić information content (AvgIpc) is 2.33. The maximum Gasteiger partial charge on any atom is 0.295 e. The second kappa shape index (κ2) is 6.25. The lowest BCUT2D eigenvalue weighted by molar-refractivity contribution is -0.384. The molecule has 100 valence electrons. The molecule has 0 aliphatic carbocycles. The van der Waals surface area contributed by atoms with Gasteiger partial charge < -0.3 is 10.4 Å². The molecule has 0 fully saturated rings. The summed E-state index contributed by atoms with van der Waals surface area (Å²) in [6.45, 7) is 1.89. The van der Waals surface area contributed by atoms with E-state index >= 15 is 0 Å². The number of anilines is 1. The highest BCUT2D eigenvalue weighted by Crippen LogP contribution is 2.28. The van der Waals surface area contributed by atoms with Gasteiger partial charge in [-0.2, -0.15) is 0 Å². The molecule has 0 amide bonds. The van der Waals surface area contributed by atoms with Crippen LogP contribution in [0.2, 0.25) is 0 Å². The fraction of sp³-hybridized carbons (Fsp3) is 0.455. The molecule has 1 aromatic rings. The van der Waals surface area contributed by atoms with Crippen molar-refractivity contribution >= 4 is 11.4 Å². The summed E-state index contributed by atoms with van der Waals surface area (Å²) in [6, 6.07) is 1.61. The molecule has 0 bridgehead atoms. The van der Waals surface area contributed by atoms with Crippen LogP contribution in [-0.4, -0.2) is 22.7 Å². The summed E-state index contributed by atoms with van der Waals surface area (Å²) in [5, 5.41) is 22.4. The van der Waals surface area contributed by atoms with Gasteiger partial charge in [0.25, 0.3) is 5.69 Å². The van der Waals surface area contributed by atoms with Gasteiger partial charge >= 0.3 is 0 Å². The fourth-order valence-corrected chi connectivity index (χ4v) is 1.43. The SMILES string of the molecule is CCC(O)CCNc1c([N+](=O)[O-])ccc(F)c1F. The van der Waals surface area contributed by atoms with Crippen LogP contribution in [0.15, 0.2) is 12.1 Å². The monoisotopic (exact) mass is 260 g/mol. The minimum atomic E-state index is -1.28. The number of benzene rings is 1. The Balaban J connectivity index is 2.85. The molecule has 5 nitrogen and oxygen atoms in total. The molecule has 1 rings (SSSR count). The lowest BCUT2D eigenvalue weighted by Crippen LogP contribution is -2.14. The van der Waals surface area contributed by atoms with E-state index in [0.29, 0.717) is 18.9 Å². The minimum absolute atomic E-state index is 0.121. The number of aliphatic hydroxyl groups excluding tert-OH is 1. The Hall–Kier alpha value is -1.76. The number of nitrogens with zero attached hydrogens (tertiary/aromatic N) is 1. The number of halogens is 2. The molecule has 0 aliphatic heterocycles. The van der Waals surface area contributed by atoms with Crippen molar-refractivity contribution in [2.24, 2.45) is 0 Å². The maximum absolute atomic E-state index is 13.4. The standard InChI is InChI=1S/C11H14F2N2O3/c1-2-7(16)5-6-14-11-9(15(17)18)4-3-8(12)10(11)13/h3-4,7,14,16H,2,5-6H2,1H3. The second-order valence-corrected chi connectivity index (χ2v) is 3.79. The Bertz CT molecular complexity index is 441. The van der Waals surface area contributed by atoms with E-state index in [1.54, 1.807) is 6.92 Å². The highest BCUT2D eigenvalue weighted by Gasteiger charge is 2.21. The summed E-state index contributed by atoms with van der Waals surface area (Å²) in [7, 11) is 0. The van der Waals surface area contributed by atoms with Crippen LogP contribution in [0, 0.1) is 21.7 Å². The van der Waals surface area contributed by atoms with Crippen LogP contribution in [0.4, 0.5) is 20.2 Å². The van der Waals surface area contributed by atoms with Crippen molar-refractivity contribution in [1.29, 1.82) is 0 Å². The Kier molecular flexibility index (Phi) is 4.96. The van der Waals surface area contributed by atoms with E-state index in [2.05, 4.69) is 5.32 Å². The lowest BCUT2D eigenvalue weighted by atomic mass is 10.2. The van der Waals surface area contributed by atoms with E-state index in [1.807, 2.05) is 0 Å². The molecular formula is C11H14F2N2O3. The van der Waals surface area contributed by atoms with Gasteiger partial charge in [0.05, 0.1) is 11.0 Å². The topological polar surface area (TPSA) is 75.4 Å². The van der Waals surface area contributed by atoms with Gasteiger partial charge in [-0.25, -0.2) is 8.78 Å². The third kappa shape index (κ3) is 3.36. The van der Waals surface area contributed by atoms with Gasteiger partial charge in [-0.1, -0.05) is 6.92 Å². The first kappa shape index (κ1) is 14.3. The van der Waals surface area contributed by atoms with Gasteiger partial charge in [-0.3, -0.25) is 10.1 Å². The van der Waals surface area contributed by atoms with Gasteiger partial charge in [-0.05, 0) is 18.9 Å². The average molecular weight is 260 g/mol. The normalized spacial score (nSPS) is 12.2. The van der Waals surface area contributed by atoms with Crippen molar-refractivity contribution in [2.75, 3.05) is 11.9 Å². The number of nitrogens with one attached hydrogen (secondary N) is 1. The Morgan fingerprint density at radius 3 is 2.72 bits per heavy atom. The van der Waals surface area contributed by atoms with Crippen LogP contribution in [-0.2, 0) is 0 Å². The summed E-state index contributed by atoms with van der Waals surface area (Å²) in [6.07, 6.45) is 0.243. The third-order valence-electron chi connectivity index (χ3n) is 2.52. The summed E-state index contributed by atoms with van der Waals surface area (Å²) < 4.78 is 26.4. The number of hydrogen-bond donors (Lipinski definition) is 2. The van der Waals surface area contributed by atoms with Crippen LogP contribution in [0.1, 0.15) is 19.8 Å². The van der Waals surface area contributed by atoms with E-state index < -0.39 is 34.0 Å². The first-order valence-electron chi connectivity index (χ1n) is 5.51. The summed E-state index contributed by atoms with van der Waals surface area (Å²) in [5.74, 6) is -2.44. The van der Waals surface area contributed by atoms with E-state index in [1.165, 1.54) is 0 Å². The molecule has 0 saturated heterocycles. The van der Waals surface area contributed by atoms with Crippen molar-refractivity contribution in [3.8, 4) is 0 Å². The highest BCUT2D eigenvalue weighted by molar-refractivity contribution is 5.62. The minimum Gasteiger partial charge on any atom is -0.393 e. The van der Waals surface area contributed by atoms with Crippen LogP contribution < -0.4 is 5.32 Å². The summed E-state index contributed by atoms with van der Waals surface area (Å²) in [4.78, 5) is 9.87. The molecule has 1 unspecified atom stereocenters. The molecular weight excluding hydrogens is 246 g/mol. The van der Waals surface area contributed by atoms with Crippen LogP contribution in [0.5, 0.6) is 0 Å². The largest absolute Gasteiger partial charge is 0.393 e. The van der Waals surface area contributed by atoms with E-state index in [0.717, 1.165) is 6.07 Å². The Morgan fingerprint density at radius 2 is 2.17 bits per heavy atom. The van der Waals surface area contributed by atoms with Gasteiger partial charge in [0, 0.05) is 12.6 Å². The van der Waals surface area contributed by atoms with Crippen LogP contribution in [0.3, 0.4) is 0 Å². The summed E-state index contributed by atoms with van der Waals surface area (Å²) >= 11 is 0. The second-order valence-electron chi connectivity index (χ2n) is 3.79. The zero-order valence-corrected chi connectivity index (χ0v) is 9.82.